The molecule has 2 amide bonds. The van der Waals surface area contributed by atoms with Crippen molar-refractivity contribution in [2.45, 2.75) is 32.4 Å². The Morgan fingerprint density at radius 3 is 2.71 bits per heavy atom. The molecular weight excluding hydrogens is 272 g/mol. The number of rotatable bonds is 1. The fraction of sp³-hybridized carbons (Fsp3) is 0.467. The summed E-state index contributed by atoms with van der Waals surface area (Å²) in [5, 5.41) is 2.55. The van der Waals surface area contributed by atoms with Crippen molar-refractivity contribution in [3.8, 4) is 5.75 Å². The van der Waals surface area contributed by atoms with E-state index in [-0.39, 0.29) is 12.5 Å². The van der Waals surface area contributed by atoms with Gasteiger partial charge in [0.05, 0.1) is 5.69 Å². The maximum Gasteiger partial charge on any atom is 0.408 e. The fourth-order valence-electron chi connectivity index (χ4n) is 2.01. The van der Waals surface area contributed by atoms with Crippen LogP contribution < -0.4 is 15.0 Å². The highest BCUT2D eigenvalue weighted by Crippen LogP contribution is 2.29. The number of fused-ring (bicyclic) bond motifs is 1. The molecule has 0 saturated heterocycles. The highest BCUT2D eigenvalue weighted by molar-refractivity contribution is 6.00. The lowest BCUT2D eigenvalue weighted by atomic mass is 10.2. The van der Waals surface area contributed by atoms with Crippen LogP contribution in [0.2, 0.25) is 0 Å². The van der Waals surface area contributed by atoms with Crippen molar-refractivity contribution in [1.29, 1.82) is 0 Å². The van der Waals surface area contributed by atoms with Crippen LogP contribution in [0.3, 0.4) is 0 Å². The number of carbonyl (C=O) groups excluding carboxylic acids is 2. The predicted molar refractivity (Wildman–Crippen MR) is 78.5 cm³/mol. The van der Waals surface area contributed by atoms with E-state index in [1.165, 1.54) is 4.90 Å². The molecule has 0 aliphatic carbocycles. The van der Waals surface area contributed by atoms with Gasteiger partial charge in [0.15, 0.2) is 0 Å². The summed E-state index contributed by atoms with van der Waals surface area (Å²) >= 11 is 0. The van der Waals surface area contributed by atoms with Gasteiger partial charge in [-0.2, -0.15) is 0 Å². The van der Waals surface area contributed by atoms with Gasteiger partial charge in [-0.05, 0) is 32.9 Å². The van der Waals surface area contributed by atoms with Crippen LogP contribution >= 0.6 is 0 Å². The molecule has 0 radical (unpaired) electrons. The number of para-hydroxylation sites is 2. The molecule has 1 aromatic carbocycles. The Morgan fingerprint density at radius 2 is 2.05 bits per heavy atom. The number of carbonyl (C=O) groups is 2. The molecule has 1 atom stereocenters. The largest absolute Gasteiger partial charge is 0.489 e. The summed E-state index contributed by atoms with van der Waals surface area (Å²) in [5.74, 6) is 0.368. The summed E-state index contributed by atoms with van der Waals surface area (Å²) in [4.78, 5) is 25.7. The van der Waals surface area contributed by atoms with Crippen LogP contribution in [-0.4, -0.2) is 37.3 Å². The molecule has 2 rings (SSSR count). The van der Waals surface area contributed by atoms with Gasteiger partial charge < -0.3 is 19.7 Å². The lowest BCUT2D eigenvalue weighted by Gasteiger charge is -2.23. The standard InChI is InChI=1S/C15H20N2O4/c1-15(2,3)21-14(19)16-10-9-20-12-8-6-5-7-11(12)17(4)13(10)18/h5-8,10H,9H2,1-4H3,(H,16,19)/t10-/m0/s1. The van der Waals surface area contributed by atoms with Crippen molar-refractivity contribution >= 4 is 17.7 Å². The van der Waals surface area contributed by atoms with Gasteiger partial charge in [-0.3, -0.25) is 4.79 Å². The highest BCUT2D eigenvalue weighted by Gasteiger charge is 2.31. The van der Waals surface area contributed by atoms with E-state index in [0.29, 0.717) is 11.4 Å². The second-order valence-corrected chi connectivity index (χ2v) is 5.87. The first-order chi connectivity index (χ1) is 9.78. The summed E-state index contributed by atoms with van der Waals surface area (Å²) in [6.07, 6.45) is -0.635. The Labute approximate surface area is 124 Å². The number of benzene rings is 1. The van der Waals surface area contributed by atoms with E-state index in [1.807, 2.05) is 12.1 Å². The van der Waals surface area contributed by atoms with Crippen molar-refractivity contribution in [2.75, 3.05) is 18.6 Å². The zero-order chi connectivity index (χ0) is 15.6. The average Bonchev–Trinajstić information content (AvgIpc) is 2.50. The van der Waals surface area contributed by atoms with Crippen LogP contribution in [-0.2, 0) is 9.53 Å². The topological polar surface area (TPSA) is 67.9 Å². The normalized spacial score (nSPS) is 18.4. The number of nitrogens with zero attached hydrogens (tertiary/aromatic N) is 1. The van der Waals surface area contributed by atoms with E-state index in [9.17, 15) is 9.59 Å². The second kappa shape index (κ2) is 5.63. The molecule has 0 aromatic heterocycles. The summed E-state index contributed by atoms with van der Waals surface area (Å²) in [6, 6.07) is 6.46. The first-order valence-corrected chi connectivity index (χ1v) is 6.77. The number of hydrogen-bond acceptors (Lipinski definition) is 4. The molecule has 6 nitrogen and oxygen atoms in total. The van der Waals surface area contributed by atoms with Gasteiger partial charge >= 0.3 is 6.09 Å². The maximum absolute atomic E-state index is 12.4. The first kappa shape index (κ1) is 15.2. The Balaban J connectivity index is 2.11. The minimum absolute atomic E-state index is 0.0689. The molecule has 1 aliphatic heterocycles. The number of amides is 2. The molecule has 6 heteroatoms. The molecule has 0 saturated carbocycles. The molecule has 1 N–H and O–H groups in total. The van der Waals surface area contributed by atoms with E-state index in [4.69, 9.17) is 9.47 Å². The van der Waals surface area contributed by atoms with E-state index < -0.39 is 17.7 Å². The second-order valence-electron chi connectivity index (χ2n) is 5.87. The zero-order valence-corrected chi connectivity index (χ0v) is 12.7. The van der Waals surface area contributed by atoms with Crippen molar-refractivity contribution in [3.63, 3.8) is 0 Å². The number of likely N-dealkylation sites (N-methyl/N-ethyl adjacent to an activating group) is 1. The number of anilines is 1. The third-order valence-electron chi connectivity index (χ3n) is 2.95. The maximum atomic E-state index is 12.4. The fourth-order valence-corrected chi connectivity index (χ4v) is 2.01. The number of nitrogens with one attached hydrogen (secondary N) is 1. The summed E-state index contributed by atoms with van der Waals surface area (Å²) in [6.45, 7) is 5.36. The molecule has 21 heavy (non-hydrogen) atoms. The van der Waals surface area contributed by atoms with Gasteiger partial charge in [0.25, 0.3) is 5.91 Å². The predicted octanol–water partition coefficient (Wildman–Crippen LogP) is 1.94. The Morgan fingerprint density at radius 1 is 1.38 bits per heavy atom. The van der Waals surface area contributed by atoms with Gasteiger partial charge in [0.1, 0.15) is 24.0 Å². The van der Waals surface area contributed by atoms with Crippen molar-refractivity contribution in [2.24, 2.45) is 0 Å². The third kappa shape index (κ3) is 3.65. The Hall–Kier alpha value is -2.24. The SMILES string of the molecule is CN1C(=O)[C@@H](NC(=O)OC(C)(C)C)COc2ccccc21. The molecule has 114 valence electrons. The van der Waals surface area contributed by atoms with Gasteiger partial charge in [-0.15, -0.1) is 0 Å². The number of hydrogen-bond donors (Lipinski definition) is 1. The van der Waals surface area contributed by atoms with Crippen molar-refractivity contribution in [1.82, 2.24) is 5.32 Å². The van der Waals surface area contributed by atoms with Crippen LogP contribution in [0.25, 0.3) is 0 Å². The molecule has 1 aromatic rings. The molecular formula is C15H20N2O4. The lowest BCUT2D eigenvalue weighted by molar-refractivity contribution is -0.120. The van der Waals surface area contributed by atoms with Crippen molar-refractivity contribution < 1.29 is 19.1 Å². The van der Waals surface area contributed by atoms with Gasteiger partial charge in [-0.1, -0.05) is 12.1 Å². The third-order valence-corrected chi connectivity index (χ3v) is 2.95. The molecule has 0 fully saturated rings. The lowest BCUT2D eigenvalue weighted by Crippen LogP contribution is -2.50. The van der Waals surface area contributed by atoms with Gasteiger partial charge in [0.2, 0.25) is 0 Å². The summed E-state index contributed by atoms with van der Waals surface area (Å²) < 4.78 is 10.8. The molecule has 0 unspecified atom stereocenters. The first-order valence-electron chi connectivity index (χ1n) is 6.77. The molecule has 0 bridgehead atoms. The van der Waals surface area contributed by atoms with Gasteiger partial charge in [0, 0.05) is 7.05 Å². The van der Waals surface area contributed by atoms with E-state index in [0.717, 1.165) is 0 Å². The average molecular weight is 292 g/mol. The van der Waals surface area contributed by atoms with Crippen LogP contribution in [0.4, 0.5) is 10.5 Å². The minimum atomic E-state index is -0.780. The summed E-state index contributed by atoms with van der Waals surface area (Å²) in [7, 11) is 1.65. The van der Waals surface area contributed by atoms with E-state index in [1.54, 1.807) is 40.0 Å². The van der Waals surface area contributed by atoms with E-state index >= 15 is 0 Å². The molecule has 0 spiro atoms. The zero-order valence-electron chi connectivity index (χ0n) is 12.7. The Bertz CT molecular complexity index is 551. The summed E-state index contributed by atoms with van der Waals surface area (Å²) in [5.41, 5.74) is 0.0594. The Kier molecular flexibility index (Phi) is 4.06. The van der Waals surface area contributed by atoms with Gasteiger partial charge in [-0.25, -0.2) is 4.79 Å². The monoisotopic (exact) mass is 292 g/mol. The quantitative estimate of drug-likeness (QED) is 0.859. The highest BCUT2D eigenvalue weighted by atomic mass is 16.6. The molecule has 1 heterocycles. The van der Waals surface area contributed by atoms with E-state index in [2.05, 4.69) is 5.32 Å². The van der Waals surface area contributed by atoms with Crippen LogP contribution in [0.15, 0.2) is 24.3 Å². The smallest absolute Gasteiger partial charge is 0.408 e. The number of ether oxygens (including phenoxy) is 2. The number of alkyl carbamates (subject to hydrolysis) is 1. The van der Waals surface area contributed by atoms with Crippen LogP contribution in [0, 0.1) is 0 Å². The molecule has 1 aliphatic rings. The van der Waals surface area contributed by atoms with Crippen LogP contribution in [0.5, 0.6) is 5.75 Å². The van der Waals surface area contributed by atoms with Crippen LogP contribution in [0.1, 0.15) is 20.8 Å². The minimum Gasteiger partial charge on any atom is -0.489 e. The van der Waals surface area contributed by atoms with Crippen molar-refractivity contribution in [3.05, 3.63) is 24.3 Å².